The fourth-order valence-corrected chi connectivity index (χ4v) is 26.4. The molecule has 704 valence electrons. The molecule has 21 nitrogen and oxygen atoms in total. The summed E-state index contributed by atoms with van der Waals surface area (Å²) in [7, 11) is 84.1. The molecule has 0 unspecified atom stereocenters. The third-order valence-electron chi connectivity index (χ3n) is 31.9. The molecule has 30 radical (unpaired) electrons. The highest BCUT2D eigenvalue weighted by molar-refractivity contribution is 6.77. The van der Waals surface area contributed by atoms with Crippen LogP contribution in [-0.4, -0.2) is 502 Å². The Hall–Kier alpha value is -1.31. The molecule has 15 aliphatic heterocycles. The summed E-state index contributed by atoms with van der Waals surface area (Å²) in [6, 6.07) is 17.4. The highest BCUT2D eigenvalue weighted by atomic mass is 28.4. The topological polar surface area (TPSA) is 68.0 Å². The zero-order valence-electron chi connectivity index (χ0n) is 84.4. The van der Waals surface area contributed by atoms with E-state index in [1.807, 2.05) is 62.5 Å². The molecule has 0 aliphatic carbocycles. The van der Waals surface area contributed by atoms with Gasteiger partial charge in [-0.1, -0.05) is 67.5 Å². The van der Waals surface area contributed by atoms with Crippen molar-refractivity contribution >= 4 is 148 Å². The maximum absolute atomic E-state index is 6.08. The largest absolute Gasteiger partial charge is 0.369 e. The van der Waals surface area contributed by atoms with Crippen LogP contribution in [0.3, 0.4) is 0 Å². The van der Waals surface area contributed by atoms with Gasteiger partial charge in [-0.15, -0.1) is 0 Å². The first kappa shape index (κ1) is 114. The Morgan fingerprint density at radius 2 is 0.500 bits per heavy atom. The van der Waals surface area contributed by atoms with Gasteiger partial charge in [0.05, 0.1) is 0 Å². The molecule has 0 N–H and O–H groups in total. The van der Waals surface area contributed by atoms with E-state index in [0.29, 0.717) is 0 Å². The second kappa shape index (κ2) is 62.3. The van der Waals surface area contributed by atoms with Gasteiger partial charge in [0.15, 0.2) is 137 Å². The van der Waals surface area contributed by atoms with Crippen LogP contribution in [0.2, 0.25) is 26.2 Å². The highest BCUT2D eigenvalue weighted by Crippen LogP contribution is 2.40. The number of piperidine rings is 9. The molecule has 0 aromatic heterocycles. The van der Waals surface area contributed by atoms with Crippen LogP contribution in [-0.2, 0) is 0 Å². The minimum Gasteiger partial charge on any atom is -0.369 e. The Balaban J connectivity index is 0.000000171. The van der Waals surface area contributed by atoms with Gasteiger partial charge in [-0.05, 0) is 417 Å². The van der Waals surface area contributed by atoms with Crippen molar-refractivity contribution in [2.24, 2.45) is 47.3 Å². The Bertz CT molecular complexity index is 2990. The van der Waals surface area contributed by atoms with Crippen molar-refractivity contribution in [3.05, 3.63) is 59.7 Å². The lowest BCUT2D eigenvalue weighted by Gasteiger charge is -2.40. The average Bonchev–Trinajstić information content (AvgIpc) is 1.67. The predicted molar refractivity (Wildman–Crippen MR) is 576 cm³/mol. The van der Waals surface area contributed by atoms with E-state index in [1.54, 1.807) is 0 Å². The van der Waals surface area contributed by atoms with Gasteiger partial charge >= 0.3 is 0 Å². The lowest BCUT2D eigenvalue weighted by Crippen LogP contribution is -2.58. The third kappa shape index (κ3) is 43.5. The van der Waals surface area contributed by atoms with Crippen molar-refractivity contribution in [1.29, 1.82) is 0 Å². The van der Waals surface area contributed by atoms with Crippen LogP contribution in [0.5, 0.6) is 0 Å². The zero-order chi connectivity index (χ0) is 94.8. The summed E-state index contributed by atoms with van der Waals surface area (Å²) < 4.78 is 9.37. The second-order valence-corrected chi connectivity index (χ2v) is 51.0. The molecule has 0 amide bonds. The van der Waals surface area contributed by atoms with Crippen molar-refractivity contribution in [2.45, 2.75) is 207 Å². The number of aryl methyl sites for hydroxylation is 2. The molecule has 15 fully saturated rings. The Morgan fingerprint density at radius 1 is 0.250 bits per heavy atom. The van der Waals surface area contributed by atoms with Crippen molar-refractivity contribution < 1.29 is 0 Å². The maximum atomic E-state index is 6.08. The fraction of sp³-hybridized carbons (Fsp3) is 0.872. The molecule has 0 bridgehead atoms. The predicted octanol–water partition coefficient (Wildman–Crippen LogP) is 6.18. The second-order valence-electron chi connectivity index (χ2n) is 42.6. The van der Waals surface area contributed by atoms with Gasteiger partial charge in [0.2, 0.25) is 0 Å². The molecule has 15 heterocycles. The fourth-order valence-electron chi connectivity index (χ4n) is 21.8. The van der Waals surface area contributed by atoms with Gasteiger partial charge < -0.3 is 100 Å². The van der Waals surface area contributed by atoms with E-state index in [2.05, 4.69) is 126 Å². The molecule has 17 rings (SSSR count). The maximum Gasteiger partial charge on any atom is 0.188 e. The standard InChI is InChI=1S/C18H32B3N3.C14H20B2N4.C13H24B2N2.C11H22B2N4.C10H24B2N4Si2.C10H18B2N2.C8H10.2C5H10BN/c19-22-7-1-15(2-8-22)13-18(17-5-11-24(21)12-6-17)14-16-3-9-23(20)10-4-16;15-19-9-5-17(6-10-19)13-1-2-14(4-3-13)18-7-11-20(16)12-8-18;14-16-8-4-12(5-9-16)2-1-3-13-6-10-17(15)11-7-13;12-16-8-4-14(5-9-16)2-1-3-15-6-10-17(13)11-7-15;1-17(2)13(7-9-15(17)11)5-6-14-8-10-16(12)18(14,3)4;11-13-5-1-9(2-6-13)10-3-7-14(12)8-4-10;1-7-3-5-8(2)6-4-7;2*6-7-4-2-1-3-5-7/h15-18H,1-14H2;1-4H,5-12H2;12-13H,1-11H2;1-11H2;5-10H2,1-4H3;9-10H,1-8H2;3-6H,1-2H3;2*1-5H2. The number of benzene rings is 2. The molecule has 2 aromatic carbocycles. The van der Waals surface area contributed by atoms with Gasteiger partial charge in [0, 0.05) is 116 Å². The van der Waals surface area contributed by atoms with Crippen molar-refractivity contribution in [3.63, 3.8) is 0 Å². The van der Waals surface area contributed by atoms with Crippen LogP contribution in [0.25, 0.3) is 0 Å². The average molecular weight is 1810 g/mol. The summed E-state index contributed by atoms with van der Waals surface area (Å²) in [6.07, 6.45) is 34.2. The lowest BCUT2D eigenvalue weighted by atomic mass is 9.71. The smallest absolute Gasteiger partial charge is 0.188 e. The molecule has 15 aliphatic rings. The summed E-state index contributed by atoms with van der Waals surface area (Å²) in [5.41, 5.74) is 5.24. The van der Waals surface area contributed by atoms with E-state index < -0.39 is 16.8 Å². The minimum atomic E-state index is -1.52. The van der Waals surface area contributed by atoms with Gasteiger partial charge in [-0.2, -0.15) is 0 Å². The van der Waals surface area contributed by atoms with Gasteiger partial charge in [0.25, 0.3) is 0 Å². The van der Waals surface area contributed by atoms with Crippen LogP contribution in [0.15, 0.2) is 48.5 Å². The highest BCUT2D eigenvalue weighted by Gasteiger charge is 2.43. The first-order valence-electron chi connectivity index (χ1n) is 52.5. The van der Waals surface area contributed by atoms with Crippen LogP contribution < -0.4 is 9.80 Å². The third-order valence-corrected chi connectivity index (χ3v) is 39.2. The van der Waals surface area contributed by atoms with Gasteiger partial charge in [0.1, 0.15) is 0 Å². The Kier molecular flexibility index (Phi) is 53.9. The molecule has 38 heteroatoms. The monoisotopic (exact) mass is 1810 g/mol. The molecule has 0 atom stereocenters. The molecular formula is C94H170B15N21Si2. The van der Waals surface area contributed by atoms with E-state index >= 15 is 0 Å². The molecule has 15 saturated heterocycles. The molecule has 0 spiro atoms. The van der Waals surface area contributed by atoms with Gasteiger partial charge in [-0.25, -0.2) is 0 Å². The quantitative estimate of drug-likeness (QED) is 0.151. The normalized spacial score (nSPS) is 25.7. The van der Waals surface area contributed by atoms with Crippen molar-refractivity contribution in [1.82, 2.24) is 90.4 Å². The summed E-state index contributed by atoms with van der Waals surface area (Å²) >= 11 is 0. The lowest BCUT2D eigenvalue weighted by molar-refractivity contribution is 0.126. The van der Waals surface area contributed by atoms with Crippen LogP contribution in [0.4, 0.5) is 11.4 Å². The number of hydrogen-bond donors (Lipinski definition) is 0. The molecule has 132 heavy (non-hydrogen) atoms. The first-order valence-corrected chi connectivity index (χ1v) is 58.3. The summed E-state index contributed by atoms with van der Waals surface area (Å²) in [6.45, 7) is 58.2. The zero-order valence-corrected chi connectivity index (χ0v) is 86.4. The van der Waals surface area contributed by atoms with E-state index in [0.717, 1.165) is 309 Å². The summed E-state index contributed by atoms with van der Waals surface area (Å²) in [5.74, 6) is 7.18. The number of anilines is 2. The van der Waals surface area contributed by atoms with E-state index in [-0.39, 0.29) is 0 Å². The number of nitrogens with zero attached hydrogens (tertiary/aromatic N) is 21. The molecule has 0 saturated carbocycles. The minimum absolute atomic E-state index is 0.872. The van der Waals surface area contributed by atoms with Crippen molar-refractivity contribution in [3.8, 4) is 0 Å². The Labute approximate surface area is 831 Å². The summed E-state index contributed by atoms with van der Waals surface area (Å²) in [4.78, 5) is 35.0. The van der Waals surface area contributed by atoms with Crippen LogP contribution in [0.1, 0.15) is 178 Å². The molecular weight excluding hydrogens is 1640 g/mol. The number of piperazine rings is 4. The van der Waals surface area contributed by atoms with Crippen LogP contribution in [0, 0.1) is 61.2 Å². The van der Waals surface area contributed by atoms with E-state index in [9.17, 15) is 0 Å². The molecule has 2 aromatic rings. The van der Waals surface area contributed by atoms with Gasteiger partial charge in [-0.3, -0.25) is 0 Å². The van der Waals surface area contributed by atoms with Crippen molar-refractivity contribution in [2.75, 3.05) is 285 Å². The van der Waals surface area contributed by atoms with E-state index in [4.69, 9.17) is 120 Å². The SMILES string of the molecule is Cc1ccc(C)cc1.[B]N1CCC(C2CCN([B])CC2)CC1.[B]N1CCC(CC(CC2CCN([B])CC2)C2CCN([B])CC2)CC1.[B]N1CCC(CCCC2CCN([B])CC2)CC1.[B]N1CCCCC1.[B]N1CCCCC1.[B]N1CCN(CCCN2CCN([B])CC2)CC1.[B]N1CCN(CCN2CCN([B])[Si]2(C)C)[Si]1(C)C.[B]N1CCN(c2ccc(N3CCN([B])CC3)cc2)CC1. The Morgan fingerprint density at radius 3 is 0.765 bits per heavy atom. The number of rotatable bonds is 19. The van der Waals surface area contributed by atoms with Crippen LogP contribution >= 0.6 is 0 Å². The van der Waals surface area contributed by atoms with E-state index in [1.165, 1.54) is 203 Å². The summed E-state index contributed by atoms with van der Waals surface area (Å²) in [5, 5.41) is 0. The first-order chi connectivity index (χ1) is 63.4. The number of hydrogen-bond acceptors (Lipinski definition) is 21.